The molecule has 2 heterocycles. The molecule has 0 atom stereocenters. The van der Waals surface area contributed by atoms with E-state index in [0.29, 0.717) is 5.92 Å². The van der Waals surface area contributed by atoms with Crippen molar-refractivity contribution in [2.45, 2.75) is 36.2 Å². The highest BCUT2D eigenvalue weighted by Gasteiger charge is 2.53. The lowest BCUT2D eigenvalue weighted by Gasteiger charge is -2.42. The molecule has 3 heteroatoms. The summed E-state index contributed by atoms with van der Waals surface area (Å²) in [5.41, 5.74) is 6.73. The van der Waals surface area contributed by atoms with Gasteiger partial charge in [0.1, 0.15) is 0 Å². The van der Waals surface area contributed by atoms with Crippen LogP contribution in [0.5, 0.6) is 0 Å². The topological polar surface area (TPSA) is 23.5 Å². The van der Waals surface area contributed by atoms with Gasteiger partial charge in [-0.1, -0.05) is 48.5 Å². The molecule has 0 saturated carbocycles. The van der Waals surface area contributed by atoms with Gasteiger partial charge in [0.05, 0.1) is 5.60 Å². The lowest BCUT2D eigenvalue weighted by Crippen LogP contribution is -2.47. The van der Waals surface area contributed by atoms with Crippen LogP contribution >= 0.6 is 11.3 Å². The smallest absolute Gasteiger partial charge is 0.0928 e. The standard InChI is InChI=1S/C25H25NOS/c27-25(18-9-14-28-16-18)10-12-26(13-11-25)17-24-15-21(19-5-1-3-7-22(19)24)20-6-2-4-8-23(20)24/h1-9,14,16,21,27H,10-13,15,17H2. The SMILES string of the molecule is OC1(c2ccsc2)CCN(CC23CC(c4ccccc42)c2ccccc23)CC1. The maximum absolute atomic E-state index is 11.1. The van der Waals surface area contributed by atoms with Gasteiger partial charge in [-0.25, -0.2) is 0 Å². The molecule has 3 aliphatic rings. The van der Waals surface area contributed by atoms with Crippen LogP contribution in [0.3, 0.4) is 0 Å². The third-order valence-corrected chi connectivity index (χ3v) is 8.17. The zero-order chi connectivity index (χ0) is 18.8. The van der Waals surface area contributed by atoms with Gasteiger partial charge in [0.15, 0.2) is 0 Å². The van der Waals surface area contributed by atoms with Crippen molar-refractivity contribution in [2.75, 3.05) is 19.6 Å². The van der Waals surface area contributed by atoms with Crippen molar-refractivity contribution >= 4 is 11.3 Å². The summed E-state index contributed by atoms with van der Waals surface area (Å²) in [5, 5.41) is 15.3. The highest BCUT2D eigenvalue weighted by Crippen LogP contribution is 2.60. The van der Waals surface area contributed by atoms with Crippen molar-refractivity contribution in [2.24, 2.45) is 0 Å². The van der Waals surface area contributed by atoms with E-state index in [0.717, 1.165) is 38.0 Å². The first-order chi connectivity index (χ1) is 13.7. The van der Waals surface area contributed by atoms with Crippen molar-refractivity contribution in [3.8, 4) is 0 Å². The van der Waals surface area contributed by atoms with Crippen LogP contribution in [0.25, 0.3) is 0 Å². The Bertz CT molecular complexity index is 969. The van der Waals surface area contributed by atoms with Crippen LogP contribution < -0.4 is 0 Å². The molecule has 2 aromatic carbocycles. The number of hydrogen-bond donors (Lipinski definition) is 1. The van der Waals surface area contributed by atoms with Crippen molar-refractivity contribution in [1.82, 2.24) is 4.90 Å². The first kappa shape index (κ1) is 17.0. The van der Waals surface area contributed by atoms with E-state index >= 15 is 0 Å². The second-order valence-corrected chi connectivity index (χ2v) is 9.61. The number of hydrogen-bond acceptors (Lipinski definition) is 3. The van der Waals surface area contributed by atoms with Crippen molar-refractivity contribution in [1.29, 1.82) is 0 Å². The summed E-state index contributed by atoms with van der Waals surface area (Å²) in [6.07, 6.45) is 2.86. The molecule has 1 N–H and O–H groups in total. The molecule has 3 aromatic rings. The molecule has 6 rings (SSSR count). The highest BCUT2D eigenvalue weighted by atomic mass is 32.1. The molecule has 142 valence electrons. The van der Waals surface area contributed by atoms with E-state index in [1.165, 1.54) is 28.7 Å². The van der Waals surface area contributed by atoms with Gasteiger partial charge < -0.3 is 10.0 Å². The van der Waals surface area contributed by atoms with Crippen LogP contribution in [0, 0.1) is 0 Å². The largest absolute Gasteiger partial charge is 0.385 e. The number of nitrogens with zero attached hydrogens (tertiary/aromatic N) is 1. The van der Waals surface area contributed by atoms with Gasteiger partial charge in [0, 0.05) is 31.0 Å². The summed E-state index contributed by atoms with van der Waals surface area (Å²) in [5.74, 6) is 0.555. The summed E-state index contributed by atoms with van der Waals surface area (Å²) in [7, 11) is 0. The fourth-order valence-electron chi connectivity index (χ4n) is 6.09. The average molecular weight is 388 g/mol. The maximum atomic E-state index is 11.1. The molecular formula is C25H25NOS. The van der Waals surface area contributed by atoms with E-state index in [9.17, 15) is 5.11 Å². The summed E-state index contributed by atoms with van der Waals surface area (Å²) < 4.78 is 0. The van der Waals surface area contributed by atoms with Gasteiger partial charge in [-0.2, -0.15) is 11.3 Å². The number of piperidine rings is 1. The lowest BCUT2D eigenvalue weighted by atomic mass is 9.74. The van der Waals surface area contributed by atoms with Gasteiger partial charge >= 0.3 is 0 Å². The molecular weight excluding hydrogens is 362 g/mol. The summed E-state index contributed by atoms with van der Waals surface area (Å²) in [4.78, 5) is 2.60. The Balaban J connectivity index is 1.31. The highest BCUT2D eigenvalue weighted by molar-refractivity contribution is 7.08. The van der Waals surface area contributed by atoms with Crippen LogP contribution in [0.1, 0.15) is 53.0 Å². The Hall–Kier alpha value is -1.94. The zero-order valence-electron chi connectivity index (χ0n) is 16.0. The Kier molecular flexibility index (Phi) is 3.65. The van der Waals surface area contributed by atoms with Crippen LogP contribution in [-0.4, -0.2) is 29.6 Å². The fraction of sp³-hybridized carbons (Fsp3) is 0.360. The van der Waals surface area contributed by atoms with Gasteiger partial charge in [-0.05, 0) is 63.9 Å². The molecule has 0 amide bonds. The van der Waals surface area contributed by atoms with E-state index in [2.05, 4.69) is 70.3 Å². The quantitative estimate of drug-likeness (QED) is 0.693. The number of rotatable bonds is 3. The van der Waals surface area contributed by atoms with Crippen LogP contribution in [0.15, 0.2) is 65.4 Å². The molecule has 1 saturated heterocycles. The number of aliphatic hydroxyl groups is 1. The summed E-state index contributed by atoms with van der Waals surface area (Å²) in [6.45, 7) is 2.99. The third-order valence-electron chi connectivity index (χ3n) is 7.49. The first-order valence-electron chi connectivity index (χ1n) is 10.4. The number of thiophene rings is 1. The first-order valence-corrected chi connectivity index (χ1v) is 11.3. The summed E-state index contributed by atoms with van der Waals surface area (Å²) >= 11 is 1.68. The van der Waals surface area contributed by atoms with Crippen molar-refractivity contribution < 1.29 is 5.11 Å². The molecule has 2 bridgehead atoms. The van der Waals surface area contributed by atoms with Gasteiger partial charge in [0.25, 0.3) is 0 Å². The van der Waals surface area contributed by atoms with E-state index in [1.54, 1.807) is 11.3 Å². The summed E-state index contributed by atoms with van der Waals surface area (Å²) in [6, 6.07) is 20.3. The Labute approximate surface area is 170 Å². The molecule has 28 heavy (non-hydrogen) atoms. The minimum Gasteiger partial charge on any atom is -0.385 e. The minimum atomic E-state index is -0.641. The molecule has 2 nitrogen and oxygen atoms in total. The molecule has 0 radical (unpaired) electrons. The van der Waals surface area contributed by atoms with Crippen LogP contribution in [0.4, 0.5) is 0 Å². The molecule has 2 aliphatic carbocycles. The monoisotopic (exact) mass is 387 g/mol. The number of benzene rings is 2. The Morgan fingerprint density at radius 1 is 0.929 bits per heavy atom. The predicted molar refractivity (Wildman–Crippen MR) is 114 cm³/mol. The van der Waals surface area contributed by atoms with Gasteiger partial charge in [0.2, 0.25) is 0 Å². The van der Waals surface area contributed by atoms with Gasteiger partial charge in [-0.15, -0.1) is 0 Å². The molecule has 1 fully saturated rings. The normalized spacial score (nSPS) is 27.5. The van der Waals surface area contributed by atoms with Crippen LogP contribution in [-0.2, 0) is 11.0 Å². The predicted octanol–water partition coefficient (Wildman–Crippen LogP) is 4.87. The third kappa shape index (κ3) is 2.27. The van der Waals surface area contributed by atoms with E-state index in [1.807, 2.05) is 0 Å². The van der Waals surface area contributed by atoms with E-state index in [4.69, 9.17) is 0 Å². The Morgan fingerprint density at radius 3 is 2.18 bits per heavy atom. The van der Waals surface area contributed by atoms with E-state index in [-0.39, 0.29) is 5.41 Å². The minimum absolute atomic E-state index is 0.121. The molecule has 1 aromatic heterocycles. The second-order valence-electron chi connectivity index (χ2n) is 8.83. The Morgan fingerprint density at radius 2 is 1.57 bits per heavy atom. The van der Waals surface area contributed by atoms with Crippen LogP contribution in [0.2, 0.25) is 0 Å². The van der Waals surface area contributed by atoms with Gasteiger partial charge in [-0.3, -0.25) is 0 Å². The molecule has 0 unspecified atom stereocenters. The number of likely N-dealkylation sites (tertiary alicyclic amines) is 1. The lowest BCUT2D eigenvalue weighted by molar-refractivity contribution is -0.0286. The number of fused-ring (bicyclic) bond motifs is 8. The maximum Gasteiger partial charge on any atom is 0.0928 e. The van der Waals surface area contributed by atoms with Crippen molar-refractivity contribution in [3.05, 3.63) is 93.2 Å². The van der Waals surface area contributed by atoms with Crippen molar-refractivity contribution in [3.63, 3.8) is 0 Å². The molecule has 0 spiro atoms. The second kappa shape index (κ2) is 6.03. The molecule has 1 aliphatic heterocycles. The fourth-order valence-corrected chi connectivity index (χ4v) is 6.84. The van der Waals surface area contributed by atoms with E-state index < -0.39 is 5.60 Å². The zero-order valence-corrected chi connectivity index (χ0v) is 16.8. The average Bonchev–Trinajstić information content (AvgIpc) is 3.45.